The van der Waals surface area contributed by atoms with Gasteiger partial charge in [0.15, 0.2) is 0 Å². The smallest absolute Gasteiger partial charge is 0.0642 e. The average Bonchev–Trinajstić information content (AvgIpc) is 3.16. The summed E-state index contributed by atoms with van der Waals surface area (Å²) >= 11 is 12.5. The van der Waals surface area contributed by atoms with Gasteiger partial charge in [-0.3, -0.25) is 0 Å². The van der Waals surface area contributed by atoms with Crippen molar-refractivity contribution >= 4 is 23.2 Å². The number of benzene rings is 1. The lowest BCUT2D eigenvalue weighted by Crippen LogP contribution is -2.42. The monoisotopic (exact) mass is 283 g/mol. The Morgan fingerprint density at radius 1 is 1.11 bits per heavy atom. The van der Waals surface area contributed by atoms with Crippen molar-refractivity contribution in [1.82, 2.24) is 0 Å². The van der Waals surface area contributed by atoms with Gasteiger partial charge in [-0.05, 0) is 49.1 Å². The zero-order valence-corrected chi connectivity index (χ0v) is 12.0. The molecule has 2 unspecified atom stereocenters. The maximum atomic E-state index is 6.66. The van der Waals surface area contributed by atoms with E-state index in [2.05, 4.69) is 0 Å². The molecule has 3 heteroatoms. The third kappa shape index (κ3) is 2.29. The Balaban J connectivity index is 1.90. The Morgan fingerprint density at radius 3 is 2.61 bits per heavy atom. The summed E-state index contributed by atoms with van der Waals surface area (Å²) < 4.78 is 0. The van der Waals surface area contributed by atoms with Gasteiger partial charge in [0.2, 0.25) is 0 Å². The average molecular weight is 284 g/mol. The molecule has 0 bridgehead atoms. The van der Waals surface area contributed by atoms with Gasteiger partial charge < -0.3 is 5.73 Å². The van der Waals surface area contributed by atoms with E-state index in [1.165, 1.54) is 25.7 Å². The summed E-state index contributed by atoms with van der Waals surface area (Å²) in [5.74, 6) is 1.71. The molecule has 1 nitrogen and oxygen atoms in total. The summed E-state index contributed by atoms with van der Waals surface area (Å²) in [5.41, 5.74) is 7.44. The minimum absolute atomic E-state index is 0.270. The van der Waals surface area contributed by atoms with Gasteiger partial charge >= 0.3 is 0 Å². The zero-order valence-electron chi connectivity index (χ0n) is 10.5. The molecular formula is C15H19Cl2N. The minimum Gasteiger partial charge on any atom is -0.321 e. The van der Waals surface area contributed by atoms with Crippen LogP contribution in [0.3, 0.4) is 0 Å². The summed E-state index contributed by atoms with van der Waals surface area (Å²) in [6.07, 6.45) is 7.42. The number of hydrogen-bond acceptors (Lipinski definition) is 1. The van der Waals surface area contributed by atoms with E-state index in [1.807, 2.05) is 18.2 Å². The van der Waals surface area contributed by atoms with E-state index in [4.69, 9.17) is 28.9 Å². The van der Waals surface area contributed by atoms with Gasteiger partial charge in [0.25, 0.3) is 0 Å². The highest BCUT2D eigenvalue weighted by Gasteiger charge is 2.41. The highest BCUT2D eigenvalue weighted by molar-refractivity contribution is 6.42. The van der Waals surface area contributed by atoms with Crippen molar-refractivity contribution in [2.75, 3.05) is 0 Å². The van der Waals surface area contributed by atoms with Crippen LogP contribution >= 0.6 is 23.2 Å². The van der Waals surface area contributed by atoms with E-state index in [-0.39, 0.29) is 5.54 Å². The highest BCUT2D eigenvalue weighted by Crippen LogP contribution is 2.49. The van der Waals surface area contributed by atoms with E-state index in [1.54, 1.807) is 0 Å². The Morgan fingerprint density at radius 2 is 1.89 bits per heavy atom. The van der Waals surface area contributed by atoms with Gasteiger partial charge in [-0.15, -0.1) is 0 Å². The van der Waals surface area contributed by atoms with Gasteiger partial charge in [-0.2, -0.15) is 0 Å². The van der Waals surface area contributed by atoms with Crippen LogP contribution in [0.4, 0.5) is 0 Å². The van der Waals surface area contributed by atoms with Crippen LogP contribution in [0.25, 0.3) is 0 Å². The first-order valence-corrected chi connectivity index (χ1v) is 7.59. The molecule has 0 amide bonds. The number of nitrogens with two attached hydrogens (primary N) is 1. The lowest BCUT2D eigenvalue weighted by atomic mass is 9.71. The van der Waals surface area contributed by atoms with Gasteiger partial charge in [0, 0.05) is 5.54 Å². The van der Waals surface area contributed by atoms with E-state index in [0.29, 0.717) is 10.0 Å². The Labute approximate surface area is 119 Å². The largest absolute Gasteiger partial charge is 0.321 e. The van der Waals surface area contributed by atoms with Crippen molar-refractivity contribution in [2.45, 2.75) is 44.1 Å². The SMILES string of the molecule is NC1(c2cccc(Cl)c2Cl)CCCC(C2CC2)C1. The fraction of sp³-hybridized carbons (Fsp3) is 0.600. The van der Waals surface area contributed by atoms with E-state index in [0.717, 1.165) is 30.2 Å². The Bertz CT molecular complexity index is 456. The molecule has 0 aromatic heterocycles. The fourth-order valence-corrected chi connectivity index (χ4v) is 3.94. The summed E-state index contributed by atoms with van der Waals surface area (Å²) in [7, 11) is 0. The predicted octanol–water partition coefficient (Wildman–Crippen LogP) is 4.75. The van der Waals surface area contributed by atoms with Crippen LogP contribution in [-0.2, 0) is 5.54 Å². The molecule has 98 valence electrons. The predicted molar refractivity (Wildman–Crippen MR) is 77.0 cm³/mol. The lowest BCUT2D eigenvalue weighted by molar-refractivity contribution is 0.207. The molecule has 1 aromatic carbocycles. The molecule has 2 N–H and O–H groups in total. The molecule has 0 heterocycles. The summed E-state index contributed by atoms with van der Waals surface area (Å²) in [4.78, 5) is 0. The van der Waals surface area contributed by atoms with Crippen LogP contribution in [0.5, 0.6) is 0 Å². The highest BCUT2D eigenvalue weighted by atomic mass is 35.5. The van der Waals surface area contributed by atoms with Gasteiger partial charge in [0.05, 0.1) is 10.0 Å². The number of halogens is 2. The van der Waals surface area contributed by atoms with Crippen molar-refractivity contribution in [2.24, 2.45) is 17.6 Å². The molecule has 2 fully saturated rings. The number of rotatable bonds is 2. The standard InChI is InChI=1S/C15H19Cl2N/c16-13-5-1-4-12(14(13)17)15(18)8-2-3-11(9-15)10-6-7-10/h1,4-5,10-11H,2-3,6-9,18H2. The topological polar surface area (TPSA) is 26.0 Å². The quantitative estimate of drug-likeness (QED) is 0.833. The second-order valence-corrected chi connectivity index (χ2v) is 6.74. The molecule has 2 saturated carbocycles. The van der Waals surface area contributed by atoms with Crippen LogP contribution in [-0.4, -0.2) is 0 Å². The third-order valence-electron chi connectivity index (χ3n) is 4.60. The Hall–Kier alpha value is -0.240. The summed E-state index contributed by atoms with van der Waals surface area (Å²) in [6.45, 7) is 0. The van der Waals surface area contributed by atoms with Crippen molar-refractivity contribution in [1.29, 1.82) is 0 Å². The molecule has 0 saturated heterocycles. The molecular weight excluding hydrogens is 265 g/mol. The summed E-state index contributed by atoms with van der Waals surface area (Å²) in [5, 5.41) is 1.27. The van der Waals surface area contributed by atoms with Crippen molar-refractivity contribution in [3.63, 3.8) is 0 Å². The molecule has 18 heavy (non-hydrogen) atoms. The van der Waals surface area contributed by atoms with Crippen LogP contribution in [0.2, 0.25) is 10.0 Å². The van der Waals surface area contributed by atoms with Crippen molar-refractivity contribution in [3.8, 4) is 0 Å². The first-order valence-electron chi connectivity index (χ1n) is 6.83. The first-order chi connectivity index (χ1) is 8.60. The van der Waals surface area contributed by atoms with Crippen molar-refractivity contribution in [3.05, 3.63) is 33.8 Å². The van der Waals surface area contributed by atoms with E-state index in [9.17, 15) is 0 Å². The van der Waals surface area contributed by atoms with Gasteiger partial charge in [-0.25, -0.2) is 0 Å². The van der Waals surface area contributed by atoms with E-state index >= 15 is 0 Å². The second kappa shape index (κ2) is 4.70. The van der Waals surface area contributed by atoms with Gasteiger partial charge in [-0.1, -0.05) is 48.2 Å². The maximum absolute atomic E-state index is 6.66. The fourth-order valence-electron chi connectivity index (χ4n) is 3.45. The molecule has 0 spiro atoms. The molecule has 2 atom stereocenters. The molecule has 2 aliphatic carbocycles. The van der Waals surface area contributed by atoms with Crippen LogP contribution in [0.1, 0.15) is 44.1 Å². The first kappa shape index (κ1) is 12.8. The summed E-state index contributed by atoms with van der Waals surface area (Å²) in [6, 6.07) is 5.83. The normalized spacial score (nSPS) is 32.5. The number of hydrogen-bond donors (Lipinski definition) is 1. The maximum Gasteiger partial charge on any atom is 0.0642 e. The second-order valence-electron chi connectivity index (χ2n) is 5.95. The van der Waals surface area contributed by atoms with Crippen LogP contribution in [0, 0.1) is 11.8 Å². The van der Waals surface area contributed by atoms with Crippen LogP contribution in [0.15, 0.2) is 18.2 Å². The molecule has 0 aliphatic heterocycles. The Kier molecular flexibility index (Phi) is 3.34. The van der Waals surface area contributed by atoms with Gasteiger partial charge in [0.1, 0.15) is 0 Å². The minimum atomic E-state index is -0.270. The molecule has 1 aromatic rings. The van der Waals surface area contributed by atoms with E-state index < -0.39 is 0 Å². The van der Waals surface area contributed by atoms with Crippen molar-refractivity contribution < 1.29 is 0 Å². The molecule has 2 aliphatic rings. The molecule has 3 rings (SSSR count). The third-order valence-corrected chi connectivity index (χ3v) is 5.42. The zero-order chi connectivity index (χ0) is 12.8. The molecule has 0 radical (unpaired) electrons. The van der Waals surface area contributed by atoms with Crippen LogP contribution < -0.4 is 5.73 Å². The lowest BCUT2D eigenvalue weighted by Gasteiger charge is -2.39.